The Morgan fingerprint density at radius 2 is 0.871 bits per heavy atom. The number of rotatable bonds is 3. The standard InChI is InChI=1S/C59H35N3/c1-3-22-47-40(16-1)41-17-2-4-23-48(41)58-57(47)60-35-54(61-58)38-14-13-15-39(32-38)62-55-27-12-8-21-46(55)49-33-36(29-31-56(49)62)37-28-30-45-44-20-7-11-26-52(44)59(53(45)34-37)50-24-9-5-18-42(50)43-19-6-10-25-51(43)59/h1-35H. The first-order valence-corrected chi connectivity index (χ1v) is 21.4. The molecule has 0 fully saturated rings. The van der Waals surface area contributed by atoms with Crippen LogP contribution in [-0.2, 0) is 5.41 Å². The molecule has 3 heteroatoms. The highest BCUT2D eigenvalue weighted by atomic mass is 15.0. The van der Waals surface area contributed by atoms with Gasteiger partial charge >= 0.3 is 0 Å². The maximum atomic E-state index is 5.33. The van der Waals surface area contributed by atoms with Gasteiger partial charge in [-0.15, -0.1) is 0 Å². The Labute approximate surface area is 357 Å². The Kier molecular flexibility index (Phi) is 6.76. The molecule has 0 saturated carbocycles. The van der Waals surface area contributed by atoms with Crippen molar-refractivity contribution in [2.75, 3.05) is 0 Å². The SMILES string of the molecule is c1cc(-c2cnc3c4ccccc4c4ccccc4c3n2)cc(-n2c3ccccc3c3cc(-c4ccc5c(c4)C4(c6ccccc6-c6ccccc64)c4ccccc4-5)ccc32)c1. The van der Waals surface area contributed by atoms with Crippen molar-refractivity contribution in [3.8, 4) is 50.3 Å². The van der Waals surface area contributed by atoms with E-state index in [4.69, 9.17) is 9.97 Å². The van der Waals surface area contributed by atoms with Crippen molar-refractivity contribution < 1.29 is 0 Å². The average molecular weight is 786 g/mol. The number of fused-ring (bicyclic) bond motifs is 19. The van der Waals surface area contributed by atoms with E-state index in [9.17, 15) is 0 Å². The minimum absolute atomic E-state index is 0.378. The van der Waals surface area contributed by atoms with Crippen LogP contribution >= 0.6 is 0 Å². The molecule has 2 aliphatic carbocycles. The van der Waals surface area contributed by atoms with Crippen LogP contribution in [0.15, 0.2) is 212 Å². The summed E-state index contributed by atoms with van der Waals surface area (Å²) in [5.74, 6) is 0. The molecular weight excluding hydrogens is 751 g/mol. The van der Waals surface area contributed by atoms with Gasteiger partial charge in [0.25, 0.3) is 0 Å². The third kappa shape index (κ3) is 4.39. The molecule has 2 heterocycles. The van der Waals surface area contributed by atoms with Gasteiger partial charge in [-0.1, -0.05) is 170 Å². The zero-order chi connectivity index (χ0) is 40.5. The number of hydrogen-bond donors (Lipinski definition) is 0. The van der Waals surface area contributed by atoms with Crippen molar-refractivity contribution in [2.45, 2.75) is 5.41 Å². The van der Waals surface area contributed by atoms with Crippen LogP contribution in [0.5, 0.6) is 0 Å². The predicted octanol–water partition coefficient (Wildman–Crippen LogP) is 14.7. The molecule has 0 radical (unpaired) electrons. The number of aromatic nitrogens is 3. The highest BCUT2D eigenvalue weighted by molar-refractivity contribution is 6.23. The van der Waals surface area contributed by atoms with E-state index >= 15 is 0 Å². The Morgan fingerprint density at radius 1 is 0.339 bits per heavy atom. The third-order valence-electron chi connectivity index (χ3n) is 13.8. The van der Waals surface area contributed by atoms with E-state index in [0.717, 1.165) is 44.3 Å². The lowest BCUT2D eigenvalue weighted by molar-refractivity contribution is 0.794. The molecule has 0 bridgehead atoms. The van der Waals surface area contributed by atoms with E-state index in [1.165, 1.54) is 82.7 Å². The molecule has 12 aromatic rings. The number of benzene rings is 10. The highest BCUT2D eigenvalue weighted by Crippen LogP contribution is 2.63. The molecule has 10 aromatic carbocycles. The average Bonchev–Trinajstić information content (AvgIpc) is 3.95. The van der Waals surface area contributed by atoms with Crippen LogP contribution in [0.2, 0.25) is 0 Å². The van der Waals surface area contributed by atoms with Gasteiger partial charge in [0.15, 0.2) is 0 Å². The zero-order valence-corrected chi connectivity index (χ0v) is 33.5. The van der Waals surface area contributed by atoms with Gasteiger partial charge in [0.2, 0.25) is 0 Å². The molecular formula is C59H35N3. The topological polar surface area (TPSA) is 30.7 Å². The Hall–Kier alpha value is -8.14. The van der Waals surface area contributed by atoms with Crippen molar-refractivity contribution in [2.24, 2.45) is 0 Å². The predicted molar refractivity (Wildman–Crippen MR) is 256 cm³/mol. The van der Waals surface area contributed by atoms with E-state index < -0.39 is 0 Å². The Bertz CT molecular complexity index is 3790. The molecule has 14 rings (SSSR count). The maximum absolute atomic E-state index is 5.33. The van der Waals surface area contributed by atoms with Crippen molar-refractivity contribution >= 4 is 54.4 Å². The van der Waals surface area contributed by atoms with Crippen LogP contribution in [0.25, 0.3) is 105 Å². The van der Waals surface area contributed by atoms with Gasteiger partial charge in [-0.25, -0.2) is 4.98 Å². The monoisotopic (exact) mass is 785 g/mol. The van der Waals surface area contributed by atoms with Gasteiger partial charge in [-0.05, 0) is 103 Å². The summed E-state index contributed by atoms with van der Waals surface area (Å²) in [6.45, 7) is 0. The Balaban J connectivity index is 0.925. The Morgan fingerprint density at radius 3 is 1.56 bits per heavy atom. The molecule has 1 spiro atoms. The second-order valence-electron chi connectivity index (χ2n) is 16.8. The fraction of sp³-hybridized carbons (Fsp3) is 0.0169. The van der Waals surface area contributed by atoms with Gasteiger partial charge in [0, 0.05) is 32.8 Å². The van der Waals surface area contributed by atoms with Crippen molar-refractivity contribution in [1.82, 2.24) is 14.5 Å². The lowest BCUT2D eigenvalue weighted by Crippen LogP contribution is -2.25. The van der Waals surface area contributed by atoms with Crippen LogP contribution in [0.3, 0.4) is 0 Å². The molecule has 0 saturated heterocycles. The number of para-hydroxylation sites is 1. The molecule has 62 heavy (non-hydrogen) atoms. The first-order valence-electron chi connectivity index (χ1n) is 21.4. The molecule has 286 valence electrons. The van der Waals surface area contributed by atoms with Gasteiger partial charge < -0.3 is 4.57 Å². The first kappa shape index (κ1) is 33.7. The summed E-state index contributed by atoms with van der Waals surface area (Å²) in [4.78, 5) is 10.4. The fourth-order valence-corrected chi connectivity index (χ4v) is 11.3. The highest BCUT2D eigenvalue weighted by Gasteiger charge is 2.51. The van der Waals surface area contributed by atoms with Gasteiger partial charge in [-0.2, -0.15) is 0 Å². The summed E-state index contributed by atoms with van der Waals surface area (Å²) < 4.78 is 2.40. The van der Waals surface area contributed by atoms with Crippen LogP contribution in [0.1, 0.15) is 22.3 Å². The quantitative estimate of drug-likeness (QED) is 0.167. The molecule has 0 unspecified atom stereocenters. The van der Waals surface area contributed by atoms with Crippen molar-refractivity contribution in [3.63, 3.8) is 0 Å². The lowest BCUT2D eigenvalue weighted by atomic mass is 9.70. The normalized spacial score (nSPS) is 13.3. The van der Waals surface area contributed by atoms with Crippen molar-refractivity contribution in [3.05, 3.63) is 235 Å². The lowest BCUT2D eigenvalue weighted by Gasteiger charge is -2.30. The molecule has 3 nitrogen and oxygen atoms in total. The summed E-state index contributed by atoms with van der Waals surface area (Å²) >= 11 is 0. The molecule has 2 aromatic heterocycles. The zero-order valence-electron chi connectivity index (χ0n) is 33.5. The summed E-state index contributed by atoms with van der Waals surface area (Å²) in [5.41, 5.74) is 19.9. The van der Waals surface area contributed by atoms with Crippen LogP contribution in [0, 0.1) is 0 Å². The molecule has 2 aliphatic rings. The van der Waals surface area contributed by atoms with Crippen LogP contribution < -0.4 is 0 Å². The van der Waals surface area contributed by atoms with E-state index in [1.54, 1.807) is 0 Å². The molecule has 0 atom stereocenters. The van der Waals surface area contributed by atoms with E-state index in [0.29, 0.717) is 0 Å². The van der Waals surface area contributed by atoms with Gasteiger partial charge in [0.05, 0.1) is 39.4 Å². The van der Waals surface area contributed by atoms with E-state index in [1.807, 2.05) is 6.20 Å². The van der Waals surface area contributed by atoms with Crippen LogP contribution in [-0.4, -0.2) is 14.5 Å². The second-order valence-corrected chi connectivity index (χ2v) is 16.8. The second kappa shape index (κ2) is 12.4. The van der Waals surface area contributed by atoms with Crippen molar-refractivity contribution in [1.29, 1.82) is 0 Å². The summed E-state index contributed by atoms with van der Waals surface area (Å²) in [6.07, 6.45) is 1.93. The fourth-order valence-electron chi connectivity index (χ4n) is 11.3. The summed E-state index contributed by atoms with van der Waals surface area (Å²) in [6, 6.07) is 75.8. The number of hydrogen-bond acceptors (Lipinski definition) is 2. The molecule has 0 N–H and O–H groups in total. The minimum atomic E-state index is -0.378. The maximum Gasteiger partial charge on any atom is 0.0979 e. The van der Waals surface area contributed by atoms with Gasteiger partial charge in [0.1, 0.15) is 0 Å². The minimum Gasteiger partial charge on any atom is -0.309 e. The largest absolute Gasteiger partial charge is 0.309 e. The number of nitrogens with zero attached hydrogens (tertiary/aromatic N) is 3. The molecule has 0 amide bonds. The van der Waals surface area contributed by atoms with E-state index in [2.05, 4.69) is 211 Å². The third-order valence-corrected chi connectivity index (χ3v) is 13.8. The summed E-state index contributed by atoms with van der Waals surface area (Å²) in [5, 5.41) is 7.08. The molecule has 0 aliphatic heterocycles. The smallest absolute Gasteiger partial charge is 0.0979 e. The first-order chi connectivity index (χ1) is 30.8. The van der Waals surface area contributed by atoms with Crippen LogP contribution in [0.4, 0.5) is 0 Å². The summed E-state index contributed by atoms with van der Waals surface area (Å²) in [7, 11) is 0. The van der Waals surface area contributed by atoms with E-state index in [-0.39, 0.29) is 5.41 Å². The van der Waals surface area contributed by atoms with Gasteiger partial charge in [-0.3, -0.25) is 4.98 Å².